The molecule has 0 aliphatic heterocycles. The van der Waals surface area contributed by atoms with Gasteiger partial charge in [-0.3, -0.25) is 0 Å². The maximum atomic E-state index is 5.67. The molecule has 1 rings (SSSR count). The first-order valence-electron chi connectivity index (χ1n) is 6.76. The smallest absolute Gasteiger partial charge is 0.131 e. The van der Waals surface area contributed by atoms with Crippen LogP contribution in [0.5, 0.6) is 0 Å². The molecule has 0 fully saturated rings. The number of nitrogens with two attached hydrogens (primary N) is 1. The van der Waals surface area contributed by atoms with Crippen LogP contribution in [0.25, 0.3) is 0 Å². The molecule has 0 spiro atoms. The van der Waals surface area contributed by atoms with Gasteiger partial charge in [0.25, 0.3) is 0 Å². The van der Waals surface area contributed by atoms with E-state index in [1.165, 1.54) is 5.56 Å². The molecule has 0 amide bonds. The van der Waals surface area contributed by atoms with Crippen molar-refractivity contribution in [2.75, 3.05) is 13.7 Å². The van der Waals surface area contributed by atoms with Crippen LogP contribution in [0.3, 0.4) is 0 Å². The highest BCUT2D eigenvalue weighted by molar-refractivity contribution is 5.27. The average Bonchev–Trinajstić information content (AvgIpc) is 2.39. The van der Waals surface area contributed by atoms with Crippen molar-refractivity contribution in [3.8, 4) is 0 Å². The minimum absolute atomic E-state index is 0.153. The summed E-state index contributed by atoms with van der Waals surface area (Å²) in [5, 5.41) is 0. The lowest BCUT2D eigenvalue weighted by molar-refractivity contribution is 0.117. The molecule has 0 radical (unpaired) electrons. The summed E-state index contributed by atoms with van der Waals surface area (Å²) in [5.41, 5.74) is 9.21. The molecule has 4 heteroatoms. The van der Waals surface area contributed by atoms with Crippen LogP contribution in [0, 0.1) is 0 Å². The number of ether oxygens (including phenoxy) is 1. The average molecular weight is 251 g/mol. The minimum Gasteiger partial charge on any atom is -0.381 e. The number of methoxy groups -OCH3 is 1. The third kappa shape index (κ3) is 3.75. The van der Waals surface area contributed by atoms with Gasteiger partial charge in [0.1, 0.15) is 5.82 Å². The van der Waals surface area contributed by atoms with Gasteiger partial charge in [-0.1, -0.05) is 13.8 Å². The van der Waals surface area contributed by atoms with Crippen LogP contribution < -0.4 is 5.73 Å². The van der Waals surface area contributed by atoms with Gasteiger partial charge in [0, 0.05) is 24.9 Å². The molecule has 1 unspecified atom stereocenters. The van der Waals surface area contributed by atoms with Gasteiger partial charge < -0.3 is 10.5 Å². The van der Waals surface area contributed by atoms with Crippen LogP contribution >= 0.6 is 0 Å². The Kier molecular flexibility index (Phi) is 6.22. The first-order valence-corrected chi connectivity index (χ1v) is 6.76. The van der Waals surface area contributed by atoms with Crippen LogP contribution in [0.4, 0.5) is 0 Å². The lowest BCUT2D eigenvalue weighted by Crippen LogP contribution is -2.17. The zero-order valence-electron chi connectivity index (χ0n) is 12.0. The molecule has 0 aliphatic carbocycles. The molecular formula is C14H25N3O. The van der Waals surface area contributed by atoms with E-state index >= 15 is 0 Å². The van der Waals surface area contributed by atoms with E-state index in [2.05, 4.69) is 23.8 Å². The van der Waals surface area contributed by atoms with Gasteiger partial charge in [0.15, 0.2) is 0 Å². The molecule has 4 nitrogen and oxygen atoms in total. The fourth-order valence-electron chi connectivity index (χ4n) is 2.09. The Morgan fingerprint density at radius 2 is 1.72 bits per heavy atom. The fourth-order valence-corrected chi connectivity index (χ4v) is 2.09. The van der Waals surface area contributed by atoms with Gasteiger partial charge >= 0.3 is 0 Å². The van der Waals surface area contributed by atoms with Crippen molar-refractivity contribution < 1.29 is 4.74 Å². The normalized spacial score (nSPS) is 12.7. The van der Waals surface area contributed by atoms with E-state index in [1.807, 2.05) is 6.92 Å². The summed E-state index contributed by atoms with van der Waals surface area (Å²) in [6.45, 7) is 6.95. The summed E-state index contributed by atoms with van der Waals surface area (Å²) >= 11 is 0. The lowest BCUT2D eigenvalue weighted by atomic mass is 10.0. The van der Waals surface area contributed by atoms with Crippen molar-refractivity contribution in [2.24, 2.45) is 5.73 Å². The van der Waals surface area contributed by atoms with Crippen molar-refractivity contribution in [3.05, 3.63) is 22.8 Å². The van der Waals surface area contributed by atoms with E-state index in [0.717, 1.165) is 42.9 Å². The van der Waals surface area contributed by atoms with E-state index in [1.54, 1.807) is 7.11 Å². The SMILES string of the molecule is CCc1nc(CC(C)OC)nc(CC)c1CCN. The molecule has 1 aromatic heterocycles. The third-order valence-corrected chi connectivity index (χ3v) is 3.16. The number of hydrogen-bond acceptors (Lipinski definition) is 4. The second kappa shape index (κ2) is 7.44. The van der Waals surface area contributed by atoms with Crippen LogP contribution in [0.15, 0.2) is 0 Å². The summed E-state index contributed by atoms with van der Waals surface area (Å²) in [6, 6.07) is 0. The zero-order chi connectivity index (χ0) is 13.5. The van der Waals surface area contributed by atoms with E-state index in [9.17, 15) is 0 Å². The first kappa shape index (κ1) is 15.1. The molecule has 1 aromatic rings. The minimum atomic E-state index is 0.153. The maximum absolute atomic E-state index is 5.67. The van der Waals surface area contributed by atoms with Crippen LogP contribution in [-0.4, -0.2) is 29.7 Å². The summed E-state index contributed by atoms with van der Waals surface area (Å²) in [5.74, 6) is 0.888. The number of hydrogen-bond donors (Lipinski definition) is 1. The van der Waals surface area contributed by atoms with Crippen molar-refractivity contribution in [2.45, 2.75) is 52.6 Å². The highest BCUT2D eigenvalue weighted by atomic mass is 16.5. The highest BCUT2D eigenvalue weighted by Crippen LogP contribution is 2.15. The molecule has 2 N–H and O–H groups in total. The van der Waals surface area contributed by atoms with E-state index in [-0.39, 0.29) is 6.10 Å². The summed E-state index contributed by atoms with van der Waals surface area (Å²) in [6.07, 6.45) is 3.64. The Hall–Kier alpha value is -1.00. The topological polar surface area (TPSA) is 61.0 Å². The fraction of sp³-hybridized carbons (Fsp3) is 0.714. The van der Waals surface area contributed by atoms with Gasteiger partial charge in [-0.15, -0.1) is 0 Å². The molecule has 18 heavy (non-hydrogen) atoms. The van der Waals surface area contributed by atoms with Crippen molar-refractivity contribution in [1.29, 1.82) is 0 Å². The number of aromatic nitrogens is 2. The molecule has 0 aromatic carbocycles. The van der Waals surface area contributed by atoms with Crippen molar-refractivity contribution in [3.63, 3.8) is 0 Å². The van der Waals surface area contributed by atoms with Crippen molar-refractivity contribution >= 4 is 0 Å². The lowest BCUT2D eigenvalue weighted by Gasteiger charge is -2.15. The first-order chi connectivity index (χ1) is 8.65. The Morgan fingerprint density at radius 1 is 1.17 bits per heavy atom. The third-order valence-electron chi connectivity index (χ3n) is 3.16. The largest absolute Gasteiger partial charge is 0.381 e. The van der Waals surface area contributed by atoms with Gasteiger partial charge in [0.2, 0.25) is 0 Å². The molecule has 0 bridgehead atoms. The molecule has 0 aliphatic rings. The van der Waals surface area contributed by atoms with Gasteiger partial charge in [-0.05, 0) is 38.3 Å². The van der Waals surface area contributed by atoms with Crippen LogP contribution in [0.2, 0.25) is 0 Å². The van der Waals surface area contributed by atoms with E-state index in [4.69, 9.17) is 10.5 Å². The van der Waals surface area contributed by atoms with E-state index in [0.29, 0.717) is 6.54 Å². The predicted octanol–water partition coefficient (Wildman–Crippen LogP) is 1.68. The highest BCUT2D eigenvalue weighted by Gasteiger charge is 2.13. The molecule has 0 saturated heterocycles. The monoisotopic (exact) mass is 251 g/mol. The Labute approximate surface area is 110 Å². The quantitative estimate of drug-likeness (QED) is 0.801. The predicted molar refractivity (Wildman–Crippen MR) is 73.7 cm³/mol. The summed E-state index contributed by atoms with van der Waals surface area (Å²) in [4.78, 5) is 9.32. The number of aryl methyl sites for hydroxylation is 2. The van der Waals surface area contributed by atoms with Gasteiger partial charge in [-0.2, -0.15) is 0 Å². The molecule has 0 saturated carbocycles. The van der Waals surface area contributed by atoms with Crippen LogP contribution in [0.1, 0.15) is 43.5 Å². The second-order valence-corrected chi connectivity index (χ2v) is 4.51. The Balaban J connectivity index is 3.09. The Morgan fingerprint density at radius 3 is 2.11 bits per heavy atom. The Bertz CT molecular complexity index is 354. The maximum Gasteiger partial charge on any atom is 0.131 e. The van der Waals surface area contributed by atoms with Crippen LogP contribution in [-0.2, 0) is 30.4 Å². The van der Waals surface area contributed by atoms with Crippen molar-refractivity contribution in [1.82, 2.24) is 9.97 Å². The van der Waals surface area contributed by atoms with Gasteiger partial charge in [-0.25, -0.2) is 9.97 Å². The second-order valence-electron chi connectivity index (χ2n) is 4.51. The van der Waals surface area contributed by atoms with Gasteiger partial charge in [0.05, 0.1) is 6.10 Å². The number of nitrogens with zero attached hydrogens (tertiary/aromatic N) is 2. The molecule has 102 valence electrons. The summed E-state index contributed by atoms with van der Waals surface area (Å²) in [7, 11) is 1.72. The molecular weight excluding hydrogens is 226 g/mol. The molecule has 1 atom stereocenters. The zero-order valence-corrected chi connectivity index (χ0v) is 12.0. The number of rotatable bonds is 7. The summed E-state index contributed by atoms with van der Waals surface area (Å²) < 4.78 is 5.28. The molecule has 1 heterocycles. The van der Waals surface area contributed by atoms with E-state index < -0.39 is 0 Å². The standard InChI is InChI=1S/C14H25N3O/c1-5-12-11(7-8-15)13(6-2)17-14(16-12)9-10(3)18-4/h10H,5-9,15H2,1-4H3.